The fourth-order valence-electron chi connectivity index (χ4n) is 3.06. The number of rotatable bonds is 3. The summed E-state index contributed by atoms with van der Waals surface area (Å²) in [5, 5.41) is 0.136. The van der Waals surface area contributed by atoms with Gasteiger partial charge in [0.2, 0.25) is 5.91 Å². The van der Waals surface area contributed by atoms with Gasteiger partial charge >= 0.3 is 0 Å². The first kappa shape index (κ1) is 17.8. The van der Waals surface area contributed by atoms with Gasteiger partial charge in [-0.3, -0.25) is 4.79 Å². The van der Waals surface area contributed by atoms with E-state index < -0.39 is 11.6 Å². The Morgan fingerprint density at radius 2 is 1.88 bits per heavy atom. The van der Waals surface area contributed by atoms with Gasteiger partial charge in [-0.15, -0.1) is 0 Å². The van der Waals surface area contributed by atoms with Crippen LogP contribution in [0.1, 0.15) is 20.3 Å². The molecular weight excluding hydrogens is 350 g/mol. The molecule has 0 radical (unpaired) electrons. The standard InChI is InChI=1S/C17H19ClF2N4O/c1-9(2)17(25)23(3)10-4-5-24(8-10)16-15(18)21-13-6-11(19)12(20)7-14(13)22-16/h6-7,9-10H,4-5,8H2,1-3H3/t10-/m0/s1. The zero-order valence-electron chi connectivity index (χ0n) is 14.3. The number of benzene rings is 1. The maximum absolute atomic E-state index is 13.5. The van der Waals surface area contributed by atoms with Crippen LogP contribution in [0.4, 0.5) is 14.6 Å². The summed E-state index contributed by atoms with van der Waals surface area (Å²) < 4.78 is 26.8. The number of likely N-dealkylation sites (N-methyl/N-ethyl adjacent to an activating group) is 1. The molecule has 2 heterocycles. The van der Waals surface area contributed by atoms with Gasteiger partial charge in [0.25, 0.3) is 0 Å². The average molecular weight is 369 g/mol. The van der Waals surface area contributed by atoms with Gasteiger partial charge in [0, 0.05) is 38.2 Å². The number of anilines is 1. The Balaban J connectivity index is 1.86. The Kier molecular flexibility index (Phi) is 4.77. The lowest BCUT2D eigenvalue weighted by Gasteiger charge is -2.27. The third-order valence-corrected chi connectivity index (χ3v) is 4.75. The molecule has 5 nitrogen and oxygen atoms in total. The second kappa shape index (κ2) is 6.71. The van der Waals surface area contributed by atoms with Gasteiger partial charge in [-0.1, -0.05) is 25.4 Å². The van der Waals surface area contributed by atoms with Crippen molar-refractivity contribution in [1.29, 1.82) is 0 Å². The summed E-state index contributed by atoms with van der Waals surface area (Å²) in [6.45, 7) is 4.96. The van der Waals surface area contributed by atoms with E-state index in [1.165, 1.54) is 0 Å². The van der Waals surface area contributed by atoms with Crippen molar-refractivity contribution >= 4 is 34.4 Å². The molecule has 1 aliphatic rings. The minimum Gasteiger partial charge on any atom is -0.352 e. The van der Waals surface area contributed by atoms with Crippen LogP contribution < -0.4 is 4.90 Å². The second-order valence-electron chi connectivity index (χ2n) is 6.59. The number of hydrogen-bond donors (Lipinski definition) is 0. The molecule has 0 N–H and O–H groups in total. The normalized spacial score (nSPS) is 17.6. The van der Waals surface area contributed by atoms with Gasteiger partial charge in [0.1, 0.15) is 0 Å². The van der Waals surface area contributed by atoms with E-state index in [1.54, 1.807) is 11.9 Å². The van der Waals surface area contributed by atoms with Crippen LogP contribution in [0.2, 0.25) is 5.15 Å². The summed E-state index contributed by atoms with van der Waals surface area (Å²) in [6.07, 6.45) is 0.781. The molecule has 3 rings (SSSR count). The number of carbonyl (C=O) groups excluding carboxylic acids is 1. The van der Waals surface area contributed by atoms with Gasteiger partial charge in [-0.25, -0.2) is 18.7 Å². The lowest BCUT2D eigenvalue weighted by atomic mass is 10.1. The largest absolute Gasteiger partial charge is 0.352 e. The highest BCUT2D eigenvalue weighted by atomic mass is 35.5. The molecule has 0 saturated carbocycles. The van der Waals surface area contributed by atoms with Crippen LogP contribution in [0.25, 0.3) is 11.0 Å². The molecule has 0 aliphatic carbocycles. The van der Waals surface area contributed by atoms with Gasteiger partial charge < -0.3 is 9.80 Å². The molecule has 1 aromatic carbocycles. The summed E-state index contributed by atoms with van der Waals surface area (Å²) >= 11 is 6.20. The summed E-state index contributed by atoms with van der Waals surface area (Å²) in [4.78, 5) is 24.3. The number of halogens is 3. The zero-order chi connectivity index (χ0) is 18.3. The molecule has 0 bridgehead atoms. The maximum Gasteiger partial charge on any atom is 0.225 e. The quantitative estimate of drug-likeness (QED) is 0.834. The van der Waals surface area contributed by atoms with Crippen molar-refractivity contribution in [3.8, 4) is 0 Å². The highest BCUT2D eigenvalue weighted by Crippen LogP contribution is 2.29. The topological polar surface area (TPSA) is 49.3 Å². The fraction of sp³-hybridized carbons (Fsp3) is 0.471. The van der Waals surface area contributed by atoms with Crippen LogP contribution in [0.15, 0.2) is 12.1 Å². The number of fused-ring (bicyclic) bond motifs is 1. The second-order valence-corrected chi connectivity index (χ2v) is 6.94. The molecule has 1 amide bonds. The molecule has 1 fully saturated rings. The Labute approximate surface area is 149 Å². The molecule has 1 saturated heterocycles. The highest BCUT2D eigenvalue weighted by molar-refractivity contribution is 6.32. The van der Waals surface area contributed by atoms with Crippen molar-refractivity contribution in [2.75, 3.05) is 25.0 Å². The molecule has 1 aliphatic heterocycles. The van der Waals surface area contributed by atoms with Crippen molar-refractivity contribution in [2.24, 2.45) is 5.92 Å². The Bertz CT molecular complexity index is 830. The summed E-state index contributed by atoms with van der Waals surface area (Å²) in [5.74, 6) is -1.52. The minimum absolute atomic E-state index is 0.0495. The van der Waals surface area contributed by atoms with E-state index in [9.17, 15) is 13.6 Å². The van der Waals surface area contributed by atoms with Crippen molar-refractivity contribution in [3.05, 3.63) is 28.9 Å². The highest BCUT2D eigenvalue weighted by Gasteiger charge is 2.31. The smallest absolute Gasteiger partial charge is 0.225 e. The van der Waals surface area contributed by atoms with E-state index in [4.69, 9.17) is 11.6 Å². The van der Waals surface area contributed by atoms with Crippen LogP contribution in [0, 0.1) is 17.6 Å². The van der Waals surface area contributed by atoms with E-state index in [-0.39, 0.29) is 34.1 Å². The molecule has 134 valence electrons. The number of amides is 1. The third-order valence-electron chi connectivity index (χ3n) is 4.50. The lowest BCUT2D eigenvalue weighted by Crippen LogP contribution is -2.41. The van der Waals surface area contributed by atoms with E-state index in [0.29, 0.717) is 18.9 Å². The zero-order valence-corrected chi connectivity index (χ0v) is 15.0. The molecule has 0 spiro atoms. The van der Waals surface area contributed by atoms with E-state index in [2.05, 4.69) is 9.97 Å². The number of hydrogen-bond acceptors (Lipinski definition) is 4. The summed E-state index contributed by atoms with van der Waals surface area (Å²) in [7, 11) is 1.79. The first-order valence-corrected chi connectivity index (χ1v) is 8.49. The van der Waals surface area contributed by atoms with E-state index in [0.717, 1.165) is 18.6 Å². The Morgan fingerprint density at radius 1 is 1.28 bits per heavy atom. The lowest BCUT2D eigenvalue weighted by molar-refractivity contribution is -0.134. The predicted octanol–water partition coefficient (Wildman–Crippen LogP) is 3.25. The molecular formula is C17H19ClF2N4O. The van der Waals surface area contributed by atoms with Crippen molar-refractivity contribution in [3.63, 3.8) is 0 Å². The third kappa shape index (κ3) is 3.38. The number of aromatic nitrogens is 2. The van der Waals surface area contributed by atoms with Gasteiger partial charge in [0.05, 0.1) is 17.1 Å². The number of nitrogens with zero attached hydrogens (tertiary/aromatic N) is 4. The van der Waals surface area contributed by atoms with Gasteiger partial charge in [0.15, 0.2) is 22.6 Å². The van der Waals surface area contributed by atoms with Crippen LogP contribution in [0.3, 0.4) is 0 Å². The van der Waals surface area contributed by atoms with E-state index in [1.807, 2.05) is 18.7 Å². The predicted molar refractivity (Wildman–Crippen MR) is 92.7 cm³/mol. The maximum atomic E-state index is 13.5. The first-order valence-electron chi connectivity index (χ1n) is 8.12. The van der Waals surface area contributed by atoms with Gasteiger partial charge in [-0.05, 0) is 6.42 Å². The summed E-state index contributed by atoms with van der Waals surface area (Å²) in [5.41, 5.74) is 0.448. The molecule has 2 aromatic rings. The SMILES string of the molecule is CC(C)C(=O)N(C)[C@H]1CCN(c2nc3cc(F)c(F)cc3nc2Cl)C1. The average Bonchev–Trinajstić information content (AvgIpc) is 3.04. The van der Waals surface area contributed by atoms with Crippen molar-refractivity contribution in [2.45, 2.75) is 26.3 Å². The Morgan fingerprint density at radius 3 is 2.48 bits per heavy atom. The van der Waals surface area contributed by atoms with Crippen molar-refractivity contribution in [1.82, 2.24) is 14.9 Å². The molecule has 25 heavy (non-hydrogen) atoms. The Hall–Kier alpha value is -2.02. The first-order chi connectivity index (χ1) is 11.8. The molecule has 1 aromatic heterocycles. The molecule has 0 unspecified atom stereocenters. The van der Waals surface area contributed by atoms with Crippen LogP contribution in [-0.2, 0) is 4.79 Å². The molecule has 1 atom stereocenters. The summed E-state index contributed by atoms with van der Waals surface area (Å²) in [6, 6.07) is 2.04. The monoisotopic (exact) mass is 368 g/mol. The van der Waals surface area contributed by atoms with Crippen molar-refractivity contribution < 1.29 is 13.6 Å². The van der Waals surface area contributed by atoms with Crippen LogP contribution >= 0.6 is 11.6 Å². The fourth-order valence-corrected chi connectivity index (χ4v) is 3.31. The van der Waals surface area contributed by atoms with Gasteiger partial charge in [-0.2, -0.15) is 0 Å². The van der Waals surface area contributed by atoms with Crippen LogP contribution in [-0.4, -0.2) is 47.0 Å². The minimum atomic E-state index is -0.985. The van der Waals surface area contributed by atoms with E-state index >= 15 is 0 Å². The number of carbonyl (C=O) groups is 1. The van der Waals surface area contributed by atoms with Crippen LogP contribution in [0.5, 0.6) is 0 Å². The molecule has 8 heteroatoms.